The lowest BCUT2D eigenvalue weighted by molar-refractivity contribution is -0.123. The Hall–Kier alpha value is -4.17. The number of fused-ring (bicyclic) bond motifs is 1. The van der Waals surface area contributed by atoms with Gasteiger partial charge >= 0.3 is 0 Å². The highest BCUT2D eigenvalue weighted by Gasteiger charge is 2.28. The van der Waals surface area contributed by atoms with Crippen LogP contribution in [0.3, 0.4) is 0 Å². The van der Waals surface area contributed by atoms with Crippen molar-refractivity contribution >= 4 is 29.1 Å². The number of anilines is 2. The Morgan fingerprint density at radius 1 is 1.00 bits per heavy atom. The Labute approximate surface area is 191 Å². The van der Waals surface area contributed by atoms with Crippen molar-refractivity contribution in [1.82, 2.24) is 5.32 Å². The van der Waals surface area contributed by atoms with Crippen molar-refractivity contribution in [3.8, 4) is 5.75 Å². The zero-order valence-corrected chi connectivity index (χ0v) is 17.9. The van der Waals surface area contributed by atoms with Crippen molar-refractivity contribution in [2.75, 3.05) is 23.4 Å². The molecule has 0 saturated carbocycles. The molecule has 3 aromatic rings. The van der Waals surface area contributed by atoms with Crippen molar-refractivity contribution < 1.29 is 19.1 Å². The van der Waals surface area contributed by atoms with Gasteiger partial charge in [-0.05, 0) is 41.5 Å². The predicted octanol–water partition coefficient (Wildman–Crippen LogP) is 2.44. The number of amides is 3. The maximum Gasteiger partial charge on any atom is 0.265 e. The number of carbonyl (C=O) groups excluding carboxylic acids is 3. The van der Waals surface area contributed by atoms with E-state index in [1.807, 2.05) is 42.5 Å². The number of nitrogens with two attached hydrogens (primary N) is 1. The lowest BCUT2D eigenvalue weighted by Crippen LogP contribution is -2.44. The van der Waals surface area contributed by atoms with Gasteiger partial charge in [0.15, 0.2) is 6.61 Å². The predicted molar refractivity (Wildman–Crippen MR) is 125 cm³/mol. The number of hydrogen-bond acceptors (Lipinski definition) is 5. The molecule has 0 aromatic heterocycles. The van der Waals surface area contributed by atoms with Gasteiger partial charge in [-0.2, -0.15) is 0 Å². The van der Waals surface area contributed by atoms with Gasteiger partial charge in [0.05, 0.1) is 11.4 Å². The molecule has 0 atom stereocenters. The molecule has 0 unspecified atom stereocenters. The summed E-state index contributed by atoms with van der Waals surface area (Å²) < 4.78 is 5.53. The first-order chi connectivity index (χ1) is 16.0. The summed E-state index contributed by atoms with van der Waals surface area (Å²) in [6.07, 6.45) is 0. The molecule has 8 heteroatoms. The van der Waals surface area contributed by atoms with E-state index in [0.29, 0.717) is 35.8 Å². The van der Waals surface area contributed by atoms with Gasteiger partial charge in [-0.1, -0.05) is 42.5 Å². The number of ether oxygens (including phenoxy) is 1. The highest BCUT2D eigenvalue weighted by Crippen LogP contribution is 2.30. The van der Waals surface area contributed by atoms with Crippen LogP contribution in [0, 0.1) is 0 Å². The van der Waals surface area contributed by atoms with Crippen LogP contribution in [0.1, 0.15) is 21.5 Å². The topological polar surface area (TPSA) is 114 Å². The van der Waals surface area contributed by atoms with Gasteiger partial charge in [0.1, 0.15) is 12.3 Å². The smallest absolute Gasteiger partial charge is 0.265 e. The number of carbonyl (C=O) groups is 3. The molecule has 1 aliphatic heterocycles. The van der Waals surface area contributed by atoms with Crippen LogP contribution in [0.4, 0.5) is 11.4 Å². The van der Waals surface area contributed by atoms with Crippen molar-refractivity contribution in [1.29, 1.82) is 0 Å². The average Bonchev–Trinajstić information content (AvgIpc) is 2.85. The average molecular weight is 444 g/mol. The minimum Gasteiger partial charge on any atom is -0.484 e. The fourth-order valence-corrected chi connectivity index (χ4v) is 3.54. The first-order valence-corrected chi connectivity index (χ1v) is 10.5. The van der Waals surface area contributed by atoms with Crippen LogP contribution in [-0.4, -0.2) is 30.9 Å². The quantitative estimate of drug-likeness (QED) is 0.518. The van der Waals surface area contributed by atoms with Crippen LogP contribution in [0.15, 0.2) is 72.8 Å². The standard InChI is InChI=1S/C25H24N4O4/c26-13-17-5-4-6-18(11-17)14-27-25(32)19-9-10-22-21(12-19)28-23(30)15-29(22)24(31)16-33-20-7-2-1-3-8-20/h1-12H,13-16,26H2,(H,27,32)(H,28,30). The van der Waals surface area contributed by atoms with Crippen LogP contribution in [-0.2, 0) is 22.7 Å². The van der Waals surface area contributed by atoms with Gasteiger partial charge in [-0.15, -0.1) is 0 Å². The second kappa shape index (κ2) is 9.97. The monoisotopic (exact) mass is 444 g/mol. The van der Waals surface area contributed by atoms with Crippen LogP contribution in [0.2, 0.25) is 0 Å². The molecule has 4 rings (SSSR count). The van der Waals surface area contributed by atoms with Crippen molar-refractivity contribution in [2.24, 2.45) is 5.73 Å². The molecule has 168 valence electrons. The van der Waals surface area contributed by atoms with E-state index >= 15 is 0 Å². The largest absolute Gasteiger partial charge is 0.484 e. The Kier molecular flexibility index (Phi) is 6.66. The van der Waals surface area contributed by atoms with Gasteiger partial charge in [0, 0.05) is 18.7 Å². The summed E-state index contributed by atoms with van der Waals surface area (Å²) in [4.78, 5) is 39.0. The van der Waals surface area contributed by atoms with E-state index in [1.54, 1.807) is 30.3 Å². The summed E-state index contributed by atoms with van der Waals surface area (Å²) >= 11 is 0. The van der Waals surface area contributed by atoms with Crippen LogP contribution < -0.4 is 26.0 Å². The first-order valence-electron chi connectivity index (χ1n) is 10.5. The number of nitrogens with one attached hydrogen (secondary N) is 2. The second-order valence-corrected chi connectivity index (χ2v) is 7.57. The normalized spacial score (nSPS) is 12.5. The molecule has 0 bridgehead atoms. The summed E-state index contributed by atoms with van der Waals surface area (Å²) in [5.41, 5.74) is 8.88. The van der Waals surface area contributed by atoms with Gasteiger partial charge in [-0.3, -0.25) is 19.3 Å². The van der Waals surface area contributed by atoms with Gasteiger partial charge < -0.3 is 21.1 Å². The maximum atomic E-state index is 12.7. The number of hydrogen-bond donors (Lipinski definition) is 3. The first kappa shape index (κ1) is 22.0. The highest BCUT2D eigenvalue weighted by atomic mass is 16.5. The molecular weight excluding hydrogens is 420 g/mol. The molecule has 1 aliphatic rings. The van der Waals surface area contributed by atoms with Gasteiger partial charge in [0.2, 0.25) is 5.91 Å². The van der Waals surface area contributed by atoms with E-state index < -0.39 is 0 Å². The van der Waals surface area contributed by atoms with Gasteiger partial charge in [-0.25, -0.2) is 0 Å². The molecule has 33 heavy (non-hydrogen) atoms. The summed E-state index contributed by atoms with van der Waals surface area (Å²) in [6, 6.07) is 21.5. The van der Waals surface area contributed by atoms with Crippen molar-refractivity contribution in [3.05, 3.63) is 89.5 Å². The Morgan fingerprint density at radius 3 is 2.58 bits per heavy atom. The number of rotatable bonds is 7. The van der Waals surface area contributed by atoms with E-state index in [9.17, 15) is 14.4 Å². The van der Waals surface area contributed by atoms with Crippen molar-refractivity contribution in [2.45, 2.75) is 13.1 Å². The van der Waals surface area contributed by atoms with E-state index in [1.165, 1.54) is 4.90 Å². The van der Waals surface area contributed by atoms with E-state index in [2.05, 4.69) is 10.6 Å². The summed E-state index contributed by atoms with van der Waals surface area (Å²) in [5.74, 6) is -0.420. The van der Waals surface area contributed by atoms with E-state index in [0.717, 1.165) is 11.1 Å². The summed E-state index contributed by atoms with van der Waals surface area (Å²) in [5, 5.41) is 5.60. The summed E-state index contributed by atoms with van der Waals surface area (Å²) in [7, 11) is 0. The lowest BCUT2D eigenvalue weighted by Gasteiger charge is -2.29. The zero-order chi connectivity index (χ0) is 23.2. The molecular formula is C25H24N4O4. The molecule has 0 fully saturated rings. The number of nitrogens with zero attached hydrogens (tertiary/aromatic N) is 1. The molecule has 3 amide bonds. The molecule has 0 saturated heterocycles. The fourth-order valence-electron chi connectivity index (χ4n) is 3.54. The Morgan fingerprint density at radius 2 is 1.79 bits per heavy atom. The molecule has 8 nitrogen and oxygen atoms in total. The second-order valence-electron chi connectivity index (χ2n) is 7.57. The third-order valence-corrected chi connectivity index (χ3v) is 5.21. The zero-order valence-electron chi connectivity index (χ0n) is 17.9. The molecule has 0 aliphatic carbocycles. The Bertz CT molecular complexity index is 1180. The summed E-state index contributed by atoms with van der Waals surface area (Å²) in [6.45, 7) is 0.448. The van der Waals surface area contributed by atoms with Crippen LogP contribution >= 0.6 is 0 Å². The Balaban J connectivity index is 1.44. The van der Waals surface area contributed by atoms with Gasteiger partial charge in [0.25, 0.3) is 11.8 Å². The molecule has 1 heterocycles. The van der Waals surface area contributed by atoms with Crippen molar-refractivity contribution in [3.63, 3.8) is 0 Å². The molecule has 4 N–H and O–H groups in total. The minimum atomic E-state index is -0.355. The third kappa shape index (κ3) is 5.36. The van der Waals surface area contributed by atoms with E-state index in [-0.39, 0.29) is 30.9 Å². The number of para-hydroxylation sites is 1. The SMILES string of the molecule is NCc1cccc(CNC(=O)c2ccc3c(c2)NC(=O)CN3C(=O)COc2ccccc2)c1. The van der Waals surface area contributed by atoms with Crippen LogP contribution in [0.25, 0.3) is 0 Å². The molecule has 3 aromatic carbocycles. The van der Waals surface area contributed by atoms with Crippen LogP contribution in [0.5, 0.6) is 5.75 Å². The molecule has 0 radical (unpaired) electrons. The number of benzene rings is 3. The maximum absolute atomic E-state index is 12.7. The third-order valence-electron chi connectivity index (χ3n) is 5.21. The minimum absolute atomic E-state index is 0.118. The lowest BCUT2D eigenvalue weighted by atomic mass is 10.1. The molecule has 0 spiro atoms. The highest BCUT2D eigenvalue weighted by molar-refractivity contribution is 6.11. The fraction of sp³-hybridized carbons (Fsp3) is 0.160. The van der Waals surface area contributed by atoms with E-state index in [4.69, 9.17) is 10.5 Å².